The third-order valence-corrected chi connectivity index (χ3v) is 4.61. The predicted octanol–water partition coefficient (Wildman–Crippen LogP) is 3.04. The highest BCUT2D eigenvalue weighted by atomic mass is 79.9. The minimum atomic E-state index is 0.444. The molecule has 0 atom stereocenters. The van der Waals surface area contributed by atoms with E-state index in [1.807, 2.05) is 0 Å². The highest BCUT2D eigenvalue weighted by molar-refractivity contribution is 9.10. The lowest BCUT2D eigenvalue weighted by Crippen LogP contribution is -2.36. The Labute approximate surface area is 121 Å². The van der Waals surface area contributed by atoms with E-state index in [0.717, 1.165) is 29.3 Å². The fourth-order valence-corrected chi connectivity index (χ4v) is 2.57. The topological polar surface area (TPSA) is 41.0 Å². The van der Waals surface area contributed by atoms with E-state index in [1.165, 1.54) is 32.3 Å². The van der Waals surface area contributed by atoms with Crippen LogP contribution in [0.4, 0.5) is 5.82 Å². The van der Waals surface area contributed by atoms with Gasteiger partial charge in [0.2, 0.25) is 0 Å². The molecule has 6 heteroatoms. The first-order valence-electron chi connectivity index (χ1n) is 6.29. The summed E-state index contributed by atoms with van der Waals surface area (Å²) in [5.74, 6) is 1.64. The molecule has 2 heterocycles. The predicted molar refractivity (Wildman–Crippen MR) is 78.1 cm³/mol. The van der Waals surface area contributed by atoms with Crippen molar-refractivity contribution in [1.82, 2.24) is 14.9 Å². The second-order valence-electron chi connectivity index (χ2n) is 4.78. The van der Waals surface area contributed by atoms with Gasteiger partial charge in [-0.2, -0.15) is 0 Å². The van der Waals surface area contributed by atoms with Crippen molar-refractivity contribution in [3.8, 4) is 0 Å². The first kappa shape index (κ1) is 14.0. The largest absolute Gasteiger partial charge is 0.368 e. The molecule has 0 bridgehead atoms. The lowest BCUT2D eigenvalue weighted by atomic mass is 9.99. The zero-order valence-corrected chi connectivity index (χ0v) is 12.8. The Kier molecular flexibility index (Phi) is 5.21. The summed E-state index contributed by atoms with van der Waals surface area (Å²) in [6.45, 7) is 6.65. The maximum Gasteiger partial charge on any atom is 0.148 e. The van der Waals surface area contributed by atoms with Gasteiger partial charge >= 0.3 is 0 Å². The van der Waals surface area contributed by atoms with Crippen LogP contribution in [0.1, 0.15) is 19.8 Å². The van der Waals surface area contributed by atoms with Crippen LogP contribution in [-0.4, -0.2) is 41.0 Å². The fourth-order valence-electron chi connectivity index (χ4n) is 2.09. The van der Waals surface area contributed by atoms with Crippen molar-refractivity contribution < 1.29 is 0 Å². The minimum absolute atomic E-state index is 0.444. The van der Waals surface area contributed by atoms with Crippen molar-refractivity contribution in [2.45, 2.75) is 19.8 Å². The Morgan fingerprint density at radius 1 is 1.44 bits per heavy atom. The number of anilines is 1. The van der Waals surface area contributed by atoms with Crippen LogP contribution in [0, 0.1) is 5.92 Å². The summed E-state index contributed by atoms with van der Waals surface area (Å²) in [4.78, 5) is 10.6. The number of hydrogen-bond donors (Lipinski definition) is 1. The summed E-state index contributed by atoms with van der Waals surface area (Å²) in [5.41, 5.74) is 0. The smallest absolute Gasteiger partial charge is 0.148 e. The van der Waals surface area contributed by atoms with Crippen LogP contribution < -0.4 is 5.32 Å². The average Bonchev–Trinajstić information content (AvgIpc) is 2.37. The first-order valence-corrected chi connectivity index (χ1v) is 7.46. The third kappa shape index (κ3) is 3.80. The molecule has 0 spiro atoms. The van der Waals surface area contributed by atoms with Crippen LogP contribution in [0.15, 0.2) is 10.8 Å². The second kappa shape index (κ2) is 6.68. The van der Waals surface area contributed by atoms with Crippen molar-refractivity contribution in [3.05, 3.63) is 16.0 Å². The van der Waals surface area contributed by atoms with Crippen molar-refractivity contribution in [2.75, 3.05) is 31.5 Å². The number of piperidine rings is 1. The zero-order valence-electron chi connectivity index (χ0n) is 10.5. The van der Waals surface area contributed by atoms with Gasteiger partial charge in [-0.25, -0.2) is 9.97 Å². The van der Waals surface area contributed by atoms with Crippen LogP contribution >= 0.6 is 27.5 Å². The van der Waals surface area contributed by atoms with Gasteiger partial charge in [-0.1, -0.05) is 18.5 Å². The van der Waals surface area contributed by atoms with Crippen molar-refractivity contribution in [3.63, 3.8) is 0 Å². The molecule has 1 aliphatic rings. The number of halogens is 2. The summed E-state index contributed by atoms with van der Waals surface area (Å²) < 4.78 is 0.735. The van der Waals surface area contributed by atoms with E-state index < -0.39 is 0 Å². The number of aromatic nitrogens is 2. The quantitative estimate of drug-likeness (QED) is 0.860. The fraction of sp³-hybridized carbons (Fsp3) is 0.667. The molecule has 2 rings (SSSR count). The van der Waals surface area contributed by atoms with Crippen LogP contribution in [-0.2, 0) is 0 Å². The van der Waals surface area contributed by atoms with E-state index in [4.69, 9.17) is 11.6 Å². The van der Waals surface area contributed by atoms with Crippen LogP contribution in [0.3, 0.4) is 0 Å². The van der Waals surface area contributed by atoms with Gasteiger partial charge in [-0.3, -0.25) is 0 Å². The van der Waals surface area contributed by atoms with Gasteiger partial charge in [0.05, 0.1) is 4.47 Å². The minimum Gasteiger partial charge on any atom is -0.368 e. The molecule has 0 unspecified atom stereocenters. The lowest BCUT2D eigenvalue weighted by molar-refractivity contribution is 0.199. The first-order chi connectivity index (χ1) is 8.66. The molecular weight excluding hydrogens is 316 g/mol. The number of rotatable bonds is 4. The number of likely N-dealkylation sites (tertiary alicyclic amines) is 1. The van der Waals surface area contributed by atoms with Crippen molar-refractivity contribution >= 4 is 33.3 Å². The Balaban J connectivity index is 1.77. The molecule has 18 heavy (non-hydrogen) atoms. The molecule has 1 saturated heterocycles. The Morgan fingerprint density at radius 3 is 2.89 bits per heavy atom. The standard InChI is InChI=1S/C12H18BrClN4/c1-9-2-5-18(6-3-9)7-4-15-12-10(13)11(14)16-8-17-12/h8-9H,2-7H2,1H3,(H,15,16,17). The van der Waals surface area contributed by atoms with Gasteiger partial charge in [0.15, 0.2) is 0 Å². The van der Waals surface area contributed by atoms with E-state index in [2.05, 4.69) is 43.0 Å². The van der Waals surface area contributed by atoms with Gasteiger partial charge < -0.3 is 10.2 Å². The van der Waals surface area contributed by atoms with Crippen LogP contribution in [0.2, 0.25) is 5.15 Å². The molecule has 1 aromatic heterocycles. The van der Waals surface area contributed by atoms with Crippen molar-refractivity contribution in [1.29, 1.82) is 0 Å². The monoisotopic (exact) mass is 332 g/mol. The molecule has 0 radical (unpaired) electrons. The lowest BCUT2D eigenvalue weighted by Gasteiger charge is -2.30. The summed E-state index contributed by atoms with van der Waals surface area (Å²) >= 11 is 9.29. The SMILES string of the molecule is CC1CCN(CCNc2ncnc(Cl)c2Br)CC1. The van der Waals surface area contributed by atoms with E-state index >= 15 is 0 Å². The summed E-state index contributed by atoms with van der Waals surface area (Å²) in [7, 11) is 0. The van der Waals surface area contributed by atoms with Gasteiger partial charge in [-0.05, 0) is 47.8 Å². The maximum absolute atomic E-state index is 5.91. The normalized spacial score (nSPS) is 17.9. The van der Waals surface area contributed by atoms with E-state index in [0.29, 0.717) is 5.15 Å². The molecule has 0 saturated carbocycles. The van der Waals surface area contributed by atoms with Crippen LogP contribution in [0.5, 0.6) is 0 Å². The van der Waals surface area contributed by atoms with Gasteiger partial charge in [-0.15, -0.1) is 0 Å². The summed E-state index contributed by atoms with van der Waals surface area (Å²) in [6, 6.07) is 0. The Bertz CT molecular complexity index is 394. The molecule has 4 nitrogen and oxygen atoms in total. The highest BCUT2D eigenvalue weighted by Gasteiger charge is 2.15. The van der Waals surface area contributed by atoms with E-state index in [9.17, 15) is 0 Å². The molecule has 1 aromatic rings. The van der Waals surface area contributed by atoms with E-state index in [1.54, 1.807) is 0 Å². The average molecular weight is 334 g/mol. The van der Waals surface area contributed by atoms with Gasteiger partial charge in [0.25, 0.3) is 0 Å². The maximum atomic E-state index is 5.91. The Morgan fingerprint density at radius 2 is 2.17 bits per heavy atom. The van der Waals surface area contributed by atoms with E-state index in [-0.39, 0.29) is 0 Å². The molecule has 1 aliphatic heterocycles. The molecule has 100 valence electrons. The summed E-state index contributed by atoms with van der Waals surface area (Å²) in [6.07, 6.45) is 4.09. The molecular formula is C12H18BrClN4. The molecule has 1 fully saturated rings. The zero-order chi connectivity index (χ0) is 13.0. The number of hydrogen-bond acceptors (Lipinski definition) is 4. The summed E-state index contributed by atoms with van der Waals surface area (Å²) in [5, 5.41) is 3.73. The molecule has 0 amide bonds. The third-order valence-electron chi connectivity index (χ3n) is 3.34. The number of nitrogens with one attached hydrogen (secondary N) is 1. The number of nitrogens with zero attached hydrogens (tertiary/aromatic N) is 3. The highest BCUT2D eigenvalue weighted by Crippen LogP contribution is 2.25. The second-order valence-corrected chi connectivity index (χ2v) is 5.93. The van der Waals surface area contributed by atoms with Gasteiger partial charge in [0, 0.05) is 13.1 Å². The molecule has 0 aliphatic carbocycles. The molecule has 0 aromatic carbocycles. The molecule has 1 N–H and O–H groups in total. The van der Waals surface area contributed by atoms with Crippen LogP contribution in [0.25, 0.3) is 0 Å². The Hall–Kier alpha value is -0.390. The van der Waals surface area contributed by atoms with Gasteiger partial charge in [0.1, 0.15) is 17.3 Å². The van der Waals surface area contributed by atoms with Crippen molar-refractivity contribution in [2.24, 2.45) is 5.92 Å².